The van der Waals surface area contributed by atoms with E-state index in [4.69, 9.17) is 9.47 Å². The molecule has 228 valence electrons. The number of benzene rings is 4. The van der Waals surface area contributed by atoms with Crippen LogP contribution >= 0.6 is 0 Å². The summed E-state index contributed by atoms with van der Waals surface area (Å²) in [6.45, 7) is 0. The number of carbonyl (C=O) groups is 5. The minimum atomic E-state index is -2.64. The Kier molecular flexibility index (Phi) is 7.55. The summed E-state index contributed by atoms with van der Waals surface area (Å²) in [5, 5.41) is 11.8. The summed E-state index contributed by atoms with van der Waals surface area (Å²) >= 11 is 0. The number of para-hydroxylation sites is 1. The van der Waals surface area contributed by atoms with Gasteiger partial charge < -0.3 is 14.6 Å². The third kappa shape index (κ3) is 4.38. The first-order valence-electron chi connectivity index (χ1n) is 14.1. The van der Waals surface area contributed by atoms with Gasteiger partial charge in [-0.2, -0.15) is 0 Å². The van der Waals surface area contributed by atoms with Gasteiger partial charge in [0.2, 0.25) is 0 Å². The molecule has 1 fully saturated rings. The van der Waals surface area contributed by atoms with Crippen LogP contribution in [0.15, 0.2) is 132 Å². The second-order valence-corrected chi connectivity index (χ2v) is 10.4. The van der Waals surface area contributed by atoms with Gasteiger partial charge >= 0.3 is 11.9 Å². The molecular weight excluding hydrogens is 588 g/mol. The van der Waals surface area contributed by atoms with Crippen molar-refractivity contribution in [1.29, 1.82) is 0 Å². The molecule has 2 heterocycles. The predicted molar refractivity (Wildman–Crippen MR) is 168 cm³/mol. The van der Waals surface area contributed by atoms with Crippen molar-refractivity contribution < 1.29 is 38.6 Å². The fourth-order valence-electron chi connectivity index (χ4n) is 5.91. The van der Waals surface area contributed by atoms with Crippen molar-refractivity contribution in [1.82, 2.24) is 0 Å². The van der Waals surface area contributed by atoms with E-state index in [1.165, 1.54) is 67.8 Å². The van der Waals surface area contributed by atoms with Gasteiger partial charge in [-0.3, -0.25) is 29.0 Å². The molecule has 0 bridgehead atoms. The lowest BCUT2D eigenvalue weighted by atomic mass is 9.77. The summed E-state index contributed by atoms with van der Waals surface area (Å²) in [6.07, 6.45) is 0. The van der Waals surface area contributed by atoms with Crippen LogP contribution in [0.1, 0.15) is 15.9 Å². The highest BCUT2D eigenvalue weighted by Crippen LogP contribution is 2.53. The maximum atomic E-state index is 15.3. The first kappa shape index (κ1) is 29.8. The van der Waals surface area contributed by atoms with Crippen molar-refractivity contribution >= 4 is 46.5 Å². The van der Waals surface area contributed by atoms with E-state index in [1.54, 1.807) is 54.6 Å². The normalized spacial score (nSPS) is 18.8. The zero-order valence-electron chi connectivity index (χ0n) is 24.7. The van der Waals surface area contributed by atoms with Gasteiger partial charge in [0.05, 0.1) is 25.4 Å². The molecule has 0 aliphatic carbocycles. The number of nitrogens with zero attached hydrogens (tertiary/aromatic N) is 2. The molecule has 2 aliphatic heterocycles. The molecule has 0 radical (unpaired) electrons. The maximum Gasteiger partial charge on any atom is 0.355 e. The van der Waals surface area contributed by atoms with Gasteiger partial charge in [-0.15, -0.1) is 0 Å². The Labute approximate surface area is 263 Å². The molecule has 1 N–H and O–H groups in total. The summed E-state index contributed by atoms with van der Waals surface area (Å²) in [7, 11) is 2.53. The number of carbonyl (C=O) groups excluding carboxylic acids is 5. The van der Waals surface area contributed by atoms with E-state index in [0.29, 0.717) is 5.75 Å². The number of hydrogen-bond acceptors (Lipinski definition) is 8. The molecule has 4 aromatic rings. The molecule has 1 spiro atoms. The lowest BCUT2D eigenvalue weighted by Crippen LogP contribution is -2.56. The van der Waals surface area contributed by atoms with Crippen LogP contribution in [-0.4, -0.2) is 54.2 Å². The van der Waals surface area contributed by atoms with Crippen LogP contribution in [0.5, 0.6) is 5.75 Å². The standard InChI is InChI=1S/C36H26N2O8/c1-45-26-20-18-25(19-21-26)38-33(42)32(41)28(31(40)23-14-8-4-9-15-23)36(38)27(30(39)22-12-6-3-7-13-22)29(34(43)46-2)37(35(36)44)24-16-10-5-11-17-24/h3-21,40H,1-2H3/b31-28-. The van der Waals surface area contributed by atoms with E-state index in [1.807, 2.05) is 0 Å². The molecule has 2 amide bonds. The molecule has 10 heteroatoms. The van der Waals surface area contributed by atoms with Gasteiger partial charge in [-0.05, 0) is 36.4 Å². The molecule has 6 rings (SSSR count). The number of rotatable bonds is 7. The van der Waals surface area contributed by atoms with Gasteiger partial charge in [-0.25, -0.2) is 4.79 Å². The molecular formula is C36H26N2O8. The highest BCUT2D eigenvalue weighted by Gasteiger charge is 2.71. The monoisotopic (exact) mass is 614 g/mol. The SMILES string of the molecule is COC(=O)C1=C(C(=O)c2ccccc2)C2(C(=O)N1c1ccccc1)/C(=C(\O)c1ccccc1)C(=O)C(=O)N2c1ccc(OC)cc1. The smallest absolute Gasteiger partial charge is 0.355 e. The number of amides is 2. The summed E-state index contributed by atoms with van der Waals surface area (Å²) < 4.78 is 10.4. The summed E-state index contributed by atoms with van der Waals surface area (Å²) in [5.74, 6) is -5.67. The topological polar surface area (TPSA) is 131 Å². The van der Waals surface area contributed by atoms with Crippen LogP contribution < -0.4 is 14.5 Å². The number of hydrogen-bond donors (Lipinski definition) is 1. The molecule has 46 heavy (non-hydrogen) atoms. The van der Waals surface area contributed by atoms with Gasteiger partial charge in [0.25, 0.3) is 11.7 Å². The van der Waals surface area contributed by atoms with Crippen molar-refractivity contribution in [3.63, 3.8) is 0 Å². The van der Waals surface area contributed by atoms with E-state index in [9.17, 15) is 24.3 Å². The van der Waals surface area contributed by atoms with Gasteiger partial charge in [0, 0.05) is 22.5 Å². The van der Waals surface area contributed by atoms with Crippen molar-refractivity contribution in [2.45, 2.75) is 5.54 Å². The second-order valence-electron chi connectivity index (χ2n) is 10.4. The highest BCUT2D eigenvalue weighted by molar-refractivity contribution is 6.57. The summed E-state index contributed by atoms with van der Waals surface area (Å²) in [6, 6.07) is 29.5. The quantitative estimate of drug-likeness (QED) is 0.104. The second kappa shape index (κ2) is 11.7. The predicted octanol–water partition coefficient (Wildman–Crippen LogP) is 4.68. The van der Waals surface area contributed by atoms with Crippen molar-refractivity contribution in [3.05, 3.63) is 143 Å². The number of anilines is 2. The zero-order valence-corrected chi connectivity index (χ0v) is 24.7. The van der Waals surface area contributed by atoms with Crippen LogP contribution in [-0.2, 0) is 23.9 Å². The number of Topliss-reactive ketones (excluding diaryl/α,β-unsaturated/α-hetero) is 2. The van der Waals surface area contributed by atoms with Crippen molar-refractivity contribution in [2.75, 3.05) is 24.0 Å². The average molecular weight is 615 g/mol. The Morgan fingerprint density at radius 1 is 0.696 bits per heavy atom. The molecule has 1 atom stereocenters. The highest BCUT2D eigenvalue weighted by atomic mass is 16.5. The molecule has 2 aliphatic rings. The number of ketones is 2. The first-order valence-corrected chi connectivity index (χ1v) is 14.1. The van der Waals surface area contributed by atoms with Crippen LogP contribution in [0.3, 0.4) is 0 Å². The van der Waals surface area contributed by atoms with E-state index >= 15 is 4.79 Å². The van der Waals surface area contributed by atoms with Crippen LogP contribution in [0.4, 0.5) is 11.4 Å². The number of ether oxygens (including phenoxy) is 2. The largest absolute Gasteiger partial charge is 0.507 e. The van der Waals surface area contributed by atoms with Crippen LogP contribution in [0.2, 0.25) is 0 Å². The molecule has 10 nitrogen and oxygen atoms in total. The summed E-state index contributed by atoms with van der Waals surface area (Å²) in [5.41, 5.74) is -4.02. The minimum Gasteiger partial charge on any atom is -0.507 e. The molecule has 4 aromatic carbocycles. The third-order valence-corrected chi connectivity index (χ3v) is 7.93. The van der Waals surface area contributed by atoms with Crippen LogP contribution in [0.25, 0.3) is 5.76 Å². The first-order chi connectivity index (χ1) is 22.3. The lowest BCUT2D eigenvalue weighted by Gasteiger charge is -2.35. The Hall–Kier alpha value is -6.29. The maximum absolute atomic E-state index is 15.3. The zero-order chi connectivity index (χ0) is 32.6. The molecule has 0 aromatic heterocycles. The number of aliphatic hydroxyl groups is 1. The fraction of sp³-hybridized carbons (Fsp3) is 0.0833. The average Bonchev–Trinajstić information content (AvgIpc) is 3.50. The number of esters is 1. The molecule has 1 unspecified atom stereocenters. The molecule has 1 saturated heterocycles. The Morgan fingerprint density at radius 3 is 1.78 bits per heavy atom. The van der Waals surface area contributed by atoms with Gasteiger partial charge in [0.15, 0.2) is 11.3 Å². The minimum absolute atomic E-state index is 0.0286. The number of methoxy groups -OCH3 is 2. The molecule has 0 saturated carbocycles. The summed E-state index contributed by atoms with van der Waals surface area (Å²) in [4.78, 5) is 73.9. The van der Waals surface area contributed by atoms with E-state index in [0.717, 1.165) is 16.9 Å². The van der Waals surface area contributed by atoms with E-state index < -0.39 is 57.5 Å². The number of aliphatic hydroxyl groups excluding tert-OH is 1. The van der Waals surface area contributed by atoms with E-state index in [2.05, 4.69) is 0 Å². The van der Waals surface area contributed by atoms with Gasteiger partial charge in [-0.1, -0.05) is 78.9 Å². The van der Waals surface area contributed by atoms with Gasteiger partial charge in [0.1, 0.15) is 17.2 Å². The Balaban J connectivity index is 1.81. The van der Waals surface area contributed by atoms with Crippen molar-refractivity contribution in [2.24, 2.45) is 0 Å². The third-order valence-electron chi connectivity index (χ3n) is 7.93. The van der Waals surface area contributed by atoms with Crippen LogP contribution in [0, 0.1) is 0 Å². The fourth-order valence-corrected chi connectivity index (χ4v) is 5.91. The lowest BCUT2D eigenvalue weighted by molar-refractivity contribution is -0.136. The Bertz CT molecular complexity index is 1950. The Morgan fingerprint density at radius 2 is 1.24 bits per heavy atom. The van der Waals surface area contributed by atoms with Crippen molar-refractivity contribution in [3.8, 4) is 5.75 Å². The van der Waals surface area contributed by atoms with E-state index in [-0.39, 0.29) is 22.5 Å².